The van der Waals surface area contributed by atoms with Crippen molar-refractivity contribution in [1.29, 1.82) is 0 Å². The summed E-state index contributed by atoms with van der Waals surface area (Å²) in [6, 6.07) is 4.91. The van der Waals surface area contributed by atoms with Crippen molar-refractivity contribution in [3.63, 3.8) is 0 Å². The van der Waals surface area contributed by atoms with Crippen LogP contribution in [-0.4, -0.2) is 43.4 Å². The second kappa shape index (κ2) is 8.01. The molecule has 1 aromatic rings. The van der Waals surface area contributed by atoms with Gasteiger partial charge in [-0.1, -0.05) is 6.42 Å². The number of carbonyl (C=O) groups excluding carboxylic acids is 2. The van der Waals surface area contributed by atoms with Gasteiger partial charge in [0.2, 0.25) is 0 Å². The van der Waals surface area contributed by atoms with Crippen molar-refractivity contribution < 1.29 is 28.9 Å². The number of amides is 1. The number of nitrogens with one attached hydrogen (secondary N) is 1. The van der Waals surface area contributed by atoms with Crippen LogP contribution in [0.25, 0.3) is 0 Å². The van der Waals surface area contributed by atoms with E-state index in [1.54, 1.807) is 18.2 Å². The molecule has 0 heterocycles. The molecule has 132 valence electrons. The topological polar surface area (TPSA) is 94.1 Å². The fraction of sp³-hybridized carbons (Fsp3) is 0.529. The first-order valence-electron chi connectivity index (χ1n) is 7.90. The minimum absolute atomic E-state index is 0.378. The summed E-state index contributed by atoms with van der Waals surface area (Å²) in [5.41, 5.74) is -0.966. The van der Waals surface area contributed by atoms with E-state index >= 15 is 0 Å². The zero-order valence-electron chi connectivity index (χ0n) is 14.0. The summed E-state index contributed by atoms with van der Waals surface area (Å²) in [5, 5.41) is 12.8. The molecular formula is C17H23NO6. The Morgan fingerprint density at radius 1 is 1.12 bits per heavy atom. The monoisotopic (exact) mass is 337 g/mol. The highest BCUT2D eigenvalue weighted by Gasteiger charge is 2.38. The van der Waals surface area contributed by atoms with Gasteiger partial charge in [0, 0.05) is 11.8 Å². The molecule has 1 aromatic carbocycles. The number of esters is 1. The molecular weight excluding hydrogens is 314 g/mol. The minimum atomic E-state index is -1.46. The van der Waals surface area contributed by atoms with Gasteiger partial charge in [0.05, 0.1) is 14.2 Å². The molecule has 0 saturated heterocycles. The van der Waals surface area contributed by atoms with Crippen LogP contribution >= 0.6 is 0 Å². The first-order chi connectivity index (χ1) is 11.5. The van der Waals surface area contributed by atoms with Crippen molar-refractivity contribution in [2.75, 3.05) is 26.1 Å². The third kappa shape index (κ3) is 4.38. The molecule has 24 heavy (non-hydrogen) atoms. The number of aliphatic hydroxyl groups is 1. The van der Waals surface area contributed by atoms with E-state index in [-0.39, 0.29) is 0 Å². The Labute approximate surface area is 140 Å². The van der Waals surface area contributed by atoms with E-state index in [0.717, 1.165) is 19.3 Å². The van der Waals surface area contributed by atoms with Crippen molar-refractivity contribution >= 4 is 17.6 Å². The molecule has 1 fully saturated rings. The summed E-state index contributed by atoms with van der Waals surface area (Å²) in [4.78, 5) is 23.9. The molecule has 0 bridgehead atoms. The Bertz CT molecular complexity index is 595. The Morgan fingerprint density at radius 2 is 1.79 bits per heavy atom. The van der Waals surface area contributed by atoms with E-state index in [2.05, 4.69) is 5.32 Å². The number of rotatable bonds is 6. The number of methoxy groups -OCH3 is 2. The fourth-order valence-electron chi connectivity index (χ4n) is 2.72. The third-order valence-corrected chi connectivity index (χ3v) is 4.06. The molecule has 2 rings (SSSR count). The maximum Gasteiger partial charge on any atom is 0.338 e. The van der Waals surface area contributed by atoms with Crippen molar-refractivity contribution in [3.8, 4) is 11.5 Å². The lowest BCUT2D eigenvalue weighted by molar-refractivity contribution is -0.170. The lowest BCUT2D eigenvalue weighted by Crippen LogP contribution is -2.42. The zero-order valence-corrected chi connectivity index (χ0v) is 14.0. The molecule has 0 unspecified atom stereocenters. The maximum absolute atomic E-state index is 12.0. The quantitative estimate of drug-likeness (QED) is 0.770. The van der Waals surface area contributed by atoms with Crippen molar-refractivity contribution in [1.82, 2.24) is 0 Å². The molecule has 1 saturated carbocycles. The second-order valence-corrected chi connectivity index (χ2v) is 5.79. The number of carbonyl (C=O) groups is 2. The van der Waals surface area contributed by atoms with Gasteiger partial charge in [0.25, 0.3) is 5.91 Å². The molecule has 1 aliphatic carbocycles. The standard InChI is InChI=1S/C17H23NO6/c1-22-13-7-6-12(10-14(13)23-2)18-15(19)11-24-16(20)17(21)8-4-3-5-9-17/h6-7,10,21H,3-5,8-9,11H2,1-2H3,(H,18,19). The van der Waals surface area contributed by atoms with Crippen LogP contribution in [-0.2, 0) is 14.3 Å². The zero-order chi connectivity index (χ0) is 17.6. The van der Waals surface area contributed by atoms with Gasteiger partial charge in [-0.3, -0.25) is 4.79 Å². The number of anilines is 1. The summed E-state index contributed by atoms with van der Waals surface area (Å²) in [7, 11) is 3.02. The predicted octanol–water partition coefficient (Wildman–Crippen LogP) is 1.88. The number of hydrogen-bond acceptors (Lipinski definition) is 6. The molecule has 0 spiro atoms. The highest BCUT2D eigenvalue weighted by atomic mass is 16.6. The summed E-state index contributed by atoms with van der Waals surface area (Å²) < 4.78 is 15.2. The van der Waals surface area contributed by atoms with Crippen LogP contribution in [0.1, 0.15) is 32.1 Å². The minimum Gasteiger partial charge on any atom is -0.493 e. The Morgan fingerprint density at radius 3 is 2.42 bits per heavy atom. The highest BCUT2D eigenvalue weighted by Crippen LogP contribution is 2.30. The lowest BCUT2D eigenvalue weighted by atomic mass is 9.85. The number of benzene rings is 1. The van der Waals surface area contributed by atoms with Gasteiger partial charge in [-0.15, -0.1) is 0 Å². The average molecular weight is 337 g/mol. The van der Waals surface area contributed by atoms with Crippen LogP contribution in [0, 0.1) is 0 Å². The third-order valence-electron chi connectivity index (χ3n) is 4.06. The number of ether oxygens (including phenoxy) is 3. The van der Waals surface area contributed by atoms with Crippen LogP contribution in [0.4, 0.5) is 5.69 Å². The second-order valence-electron chi connectivity index (χ2n) is 5.79. The van der Waals surface area contributed by atoms with Crippen LogP contribution in [0.5, 0.6) is 11.5 Å². The van der Waals surface area contributed by atoms with Crippen LogP contribution in [0.3, 0.4) is 0 Å². The van der Waals surface area contributed by atoms with Crippen LogP contribution in [0.2, 0.25) is 0 Å². The van der Waals surface area contributed by atoms with Crippen molar-refractivity contribution in [2.45, 2.75) is 37.7 Å². The molecule has 0 radical (unpaired) electrons. The van der Waals surface area contributed by atoms with Gasteiger partial charge in [0.15, 0.2) is 23.7 Å². The molecule has 0 aromatic heterocycles. The molecule has 0 atom stereocenters. The molecule has 1 amide bonds. The molecule has 0 aliphatic heterocycles. The SMILES string of the molecule is COc1ccc(NC(=O)COC(=O)C2(O)CCCCC2)cc1OC. The predicted molar refractivity (Wildman–Crippen MR) is 87.2 cm³/mol. The van der Waals surface area contributed by atoms with E-state index in [0.29, 0.717) is 30.0 Å². The lowest BCUT2D eigenvalue weighted by Gasteiger charge is -2.29. The Kier molecular flexibility index (Phi) is 6.03. The Balaban J connectivity index is 1.88. The first-order valence-corrected chi connectivity index (χ1v) is 7.90. The van der Waals surface area contributed by atoms with E-state index in [1.165, 1.54) is 14.2 Å². The maximum atomic E-state index is 12.0. The normalized spacial score (nSPS) is 16.1. The van der Waals surface area contributed by atoms with Crippen LogP contribution < -0.4 is 14.8 Å². The molecule has 2 N–H and O–H groups in total. The van der Waals surface area contributed by atoms with Gasteiger partial charge in [-0.2, -0.15) is 0 Å². The van der Waals surface area contributed by atoms with Gasteiger partial charge >= 0.3 is 5.97 Å². The van der Waals surface area contributed by atoms with Crippen molar-refractivity contribution in [2.24, 2.45) is 0 Å². The van der Waals surface area contributed by atoms with E-state index in [9.17, 15) is 14.7 Å². The molecule has 7 heteroatoms. The highest BCUT2D eigenvalue weighted by molar-refractivity contribution is 5.93. The first kappa shape index (κ1) is 18.1. The van der Waals surface area contributed by atoms with E-state index in [4.69, 9.17) is 14.2 Å². The average Bonchev–Trinajstić information content (AvgIpc) is 2.60. The Hall–Kier alpha value is -2.28. The largest absolute Gasteiger partial charge is 0.493 e. The van der Waals surface area contributed by atoms with E-state index < -0.39 is 24.1 Å². The summed E-state index contributed by atoms with van der Waals surface area (Å²) in [6.45, 7) is -0.449. The molecule has 7 nitrogen and oxygen atoms in total. The van der Waals surface area contributed by atoms with Gasteiger partial charge < -0.3 is 24.6 Å². The summed E-state index contributed by atoms with van der Waals surface area (Å²) >= 11 is 0. The van der Waals surface area contributed by atoms with Gasteiger partial charge in [-0.25, -0.2) is 4.79 Å². The van der Waals surface area contributed by atoms with Crippen molar-refractivity contribution in [3.05, 3.63) is 18.2 Å². The fourth-order valence-corrected chi connectivity index (χ4v) is 2.72. The van der Waals surface area contributed by atoms with E-state index in [1.807, 2.05) is 0 Å². The summed E-state index contributed by atoms with van der Waals surface area (Å²) in [5.74, 6) is -0.204. The van der Waals surface area contributed by atoms with Gasteiger partial charge in [-0.05, 0) is 37.8 Å². The smallest absolute Gasteiger partial charge is 0.338 e. The number of hydrogen-bond donors (Lipinski definition) is 2. The summed E-state index contributed by atoms with van der Waals surface area (Å²) in [6.07, 6.45) is 3.31. The molecule has 1 aliphatic rings. The van der Waals surface area contributed by atoms with Crippen LogP contribution in [0.15, 0.2) is 18.2 Å². The van der Waals surface area contributed by atoms with Gasteiger partial charge in [0.1, 0.15) is 0 Å².